The Bertz CT molecular complexity index is 345. The molecule has 4 unspecified atom stereocenters. The summed E-state index contributed by atoms with van der Waals surface area (Å²) in [5.41, 5.74) is 11.3. The highest BCUT2D eigenvalue weighted by Crippen LogP contribution is 2.30. The number of hydrogen-bond acceptors (Lipinski definition) is 3. The fourth-order valence-corrected chi connectivity index (χ4v) is 3.09. The van der Waals surface area contributed by atoms with E-state index in [1.165, 1.54) is 0 Å². The molecule has 102 valence electrons. The molecule has 0 aromatic carbocycles. The van der Waals surface area contributed by atoms with Crippen molar-refractivity contribution >= 4 is 11.8 Å². The molecule has 4 N–H and O–H groups in total. The second kappa shape index (κ2) is 5.26. The third-order valence-electron chi connectivity index (χ3n) is 4.49. The number of primary amides is 1. The Balaban J connectivity index is 1.90. The molecule has 0 radical (unpaired) electrons. The van der Waals surface area contributed by atoms with Gasteiger partial charge in [0.1, 0.15) is 0 Å². The van der Waals surface area contributed by atoms with Gasteiger partial charge in [0, 0.05) is 25.0 Å². The summed E-state index contributed by atoms with van der Waals surface area (Å²) in [6.45, 7) is 3.29. The van der Waals surface area contributed by atoms with E-state index < -0.39 is 0 Å². The van der Waals surface area contributed by atoms with E-state index in [-0.39, 0.29) is 29.7 Å². The number of nitrogens with two attached hydrogens (primary N) is 2. The predicted octanol–water partition coefficient (Wildman–Crippen LogP) is 0.0837. The summed E-state index contributed by atoms with van der Waals surface area (Å²) in [6.07, 6.45) is 3.38. The van der Waals surface area contributed by atoms with E-state index in [1.54, 1.807) is 0 Å². The van der Waals surface area contributed by atoms with Crippen molar-refractivity contribution in [3.05, 3.63) is 0 Å². The summed E-state index contributed by atoms with van der Waals surface area (Å²) in [6, 6.07) is 0.228. The first kappa shape index (κ1) is 13.3. The Hall–Kier alpha value is -1.10. The maximum atomic E-state index is 12.4. The quantitative estimate of drug-likeness (QED) is 0.730. The van der Waals surface area contributed by atoms with Gasteiger partial charge in [-0.25, -0.2) is 0 Å². The van der Waals surface area contributed by atoms with Crippen LogP contribution in [0, 0.1) is 17.8 Å². The monoisotopic (exact) mass is 253 g/mol. The molecule has 5 nitrogen and oxygen atoms in total. The highest BCUT2D eigenvalue weighted by Gasteiger charge is 2.36. The fourth-order valence-electron chi connectivity index (χ4n) is 3.09. The molecule has 4 atom stereocenters. The Morgan fingerprint density at radius 3 is 2.44 bits per heavy atom. The maximum absolute atomic E-state index is 12.4. The molecule has 2 aliphatic rings. The van der Waals surface area contributed by atoms with Crippen molar-refractivity contribution in [2.45, 2.75) is 38.6 Å². The van der Waals surface area contributed by atoms with Crippen LogP contribution >= 0.6 is 0 Å². The molecule has 2 fully saturated rings. The second-order valence-corrected chi connectivity index (χ2v) is 5.82. The molecule has 0 aromatic heterocycles. The molecule has 18 heavy (non-hydrogen) atoms. The van der Waals surface area contributed by atoms with E-state index in [1.807, 2.05) is 4.90 Å². The van der Waals surface area contributed by atoms with Crippen molar-refractivity contribution in [3.63, 3.8) is 0 Å². The van der Waals surface area contributed by atoms with Crippen LogP contribution in [0.15, 0.2) is 0 Å². The van der Waals surface area contributed by atoms with Gasteiger partial charge in [-0.15, -0.1) is 0 Å². The highest BCUT2D eigenvalue weighted by molar-refractivity contribution is 5.82. The van der Waals surface area contributed by atoms with Crippen molar-refractivity contribution < 1.29 is 9.59 Å². The normalized spacial score (nSPS) is 36.7. The molecule has 0 bridgehead atoms. The summed E-state index contributed by atoms with van der Waals surface area (Å²) >= 11 is 0. The molecule has 2 rings (SSSR count). The summed E-state index contributed by atoms with van der Waals surface area (Å²) in [4.78, 5) is 25.3. The summed E-state index contributed by atoms with van der Waals surface area (Å²) in [5, 5.41) is 0. The third-order valence-corrected chi connectivity index (χ3v) is 4.49. The van der Waals surface area contributed by atoms with Gasteiger partial charge in [-0.05, 0) is 31.6 Å². The molecule has 0 aromatic rings. The number of nitrogens with zero attached hydrogens (tertiary/aromatic N) is 1. The number of amides is 2. The number of likely N-dealkylation sites (tertiary alicyclic amines) is 1. The van der Waals surface area contributed by atoms with Crippen LogP contribution in [-0.2, 0) is 9.59 Å². The van der Waals surface area contributed by atoms with Crippen LogP contribution in [0.2, 0.25) is 0 Å². The number of carbonyl (C=O) groups is 2. The molecule has 1 heterocycles. The minimum Gasteiger partial charge on any atom is -0.369 e. The third kappa shape index (κ3) is 2.66. The van der Waals surface area contributed by atoms with Crippen LogP contribution in [0.1, 0.15) is 32.6 Å². The van der Waals surface area contributed by atoms with Gasteiger partial charge in [0.05, 0.1) is 5.92 Å². The maximum Gasteiger partial charge on any atom is 0.225 e. The Morgan fingerprint density at radius 2 is 1.89 bits per heavy atom. The average molecular weight is 253 g/mol. The minimum atomic E-state index is -0.288. The van der Waals surface area contributed by atoms with Crippen LogP contribution in [-0.4, -0.2) is 35.8 Å². The van der Waals surface area contributed by atoms with Crippen LogP contribution in [0.5, 0.6) is 0 Å². The van der Waals surface area contributed by atoms with Gasteiger partial charge in [0.25, 0.3) is 0 Å². The molecule has 0 spiro atoms. The minimum absolute atomic E-state index is 0.0893. The van der Waals surface area contributed by atoms with E-state index in [0.717, 1.165) is 19.3 Å². The second-order valence-electron chi connectivity index (χ2n) is 5.82. The predicted molar refractivity (Wildman–Crippen MR) is 68.4 cm³/mol. The van der Waals surface area contributed by atoms with Gasteiger partial charge in [-0.3, -0.25) is 9.59 Å². The molecule has 1 saturated carbocycles. The zero-order chi connectivity index (χ0) is 13.3. The first-order chi connectivity index (χ1) is 8.49. The standard InChI is InChI=1S/C13H23N3O2/c1-8-6-9(2-3-11(8)14)13(18)16-5-4-10(7-16)12(15)17/h8-11H,2-7,14H2,1H3,(H2,15,17). The molecule has 5 heteroatoms. The van der Waals surface area contributed by atoms with Gasteiger partial charge in [-0.1, -0.05) is 6.92 Å². The lowest BCUT2D eigenvalue weighted by Gasteiger charge is -2.33. The molecule has 2 amide bonds. The molecule has 1 saturated heterocycles. The highest BCUT2D eigenvalue weighted by atomic mass is 16.2. The van der Waals surface area contributed by atoms with Crippen LogP contribution in [0.25, 0.3) is 0 Å². The van der Waals surface area contributed by atoms with Gasteiger partial charge < -0.3 is 16.4 Å². The zero-order valence-corrected chi connectivity index (χ0v) is 11.0. The first-order valence-electron chi connectivity index (χ1n) is 6.82. The molecular formula is C13H23N3O2. The topological polar surface area (TPSA) is 89.4 Å². The Labute approximate surface area is 108 Å². The molecule has 1 aliphatic carbocycles. The molecular weight excluding hydrogens is 230 g/mol. The summed E-state index contributed by atoms with van der Waals surface area (Å²) in [7, 11) is 0. The van der Waals surface area contributed by atoms with E-state index >= 15 is 0 Å². The molecule has 1 aliphatic heterocycles. The van der Waals surface area contributed by atoms with Gasteiger partial charge in [0.15, 0.2) is 0 Å². The van der Waals surface area contributed by atoms with E-state index in [9.17, 15) is 9.59 Å². The van der Waals surface area contributed by atoms with Crippen molar-refractivity contribution in [1.82, 2.24) is 4.90 Å². The van der Waals surface area contributed by atoms with E-state index in [0.29, 0.717) is 25.4 Å². The van der Waals surface area contributed by atoms with Crippen molar-refractivity contribution in [2.24, 2.45) is 29.2 Å². The SMILES string of the molecule is CC1CC(C(=O)N2CCC(C(N)=O)C2)CCC1N. The number of rotatable bonds is 2. The Morgan fingerprint density at radius 1 is 1.17 bits per heavy atom. The number of carbonyl (C=O) groups excluding carboxylic acids is 2. The Kier molecular flexibility index (Phi) is 3.90. The zero-order valence-electron chi connectivity index (χ0n) is 11.0. The summed E-state index contributed by atoms with van der Waals surface area (Å²) in [5.74, 6) is 0.243. The van der Waals surface area contributed by atoms with Gasteiger partial charge in [-0.2, -0.15) is 0 Å². The lowest BCUT2D eigenvalue weighted by molar-refractivity contribution is -0.136. The van der Waals surface area contributed by atoms with Crippen LogP contribution in [0.4, 0.5) is 0 Å². The lowest BCUT2D eigenvalue weighted by atomic mass is 9.79. The van der Waals surface area contributed by atoms with Gasteiger partial charge in [0.2, 0.25) is 11.8 Å². The van der Waals surface area contributed by atoms with Crippen LogP contribution < -0.4 is 11.5 Å². The fraction of sp³-hybridized carbons (Fsp3) is 0.846. The van der Waals surface area contributed by atoms with E-state index in [4.69, 9.17) is 11.5 Å². The van der Waals surface area contributed by atoms with Crippen molar-refractivity contribution in [3.8, 4) is 0 Å². The smallest absolute Gasteiger partial charge is 0.225 e. The van der Waals surface area contributed by atoms with E-state index in [2.05, 4.69) is 6.92 Å². The largest absolute Gasteiger partial charge is 0.369 e. The first-order valence-corrected chi connectivity index (χ1v) is 6.82. The summed E-state index contributed by atoms with van der Waals surface area (Å²) < 4.78 is 0. The lowest BCUT2D eigenvalue weighted by Crippen LogP contribution is -2.42. The average Bonchev–Trinajstić information content (AvgIpc) is 2.81. The van der Waals surface area contributed by atoms with Crippen LogP contribution in [0.3, 0.4) is 0 Å². The number of hydrogen-bond donors (Lipinski definition) is 2. The van der Waals surface area contributed by atoms with Crippen molar-refractivity contribution in [1.29, 1.82) is 0 Å². The van der Waals surface area contributed by atoms with Crippen molar-refractivity contribution in [2.75, 3.05) is 13.1 Å². The van der Waals surface area contributed by atoms with Gasteiger partial charge >= 0.3 is 0 Å².